The average molecular weight is 283 g/mol. The standard InChI is InChI=1S/C16H17N3O2/c1-9(16-14(20)4-3-5-15(16)21)17-11-6-7-12-13(8-11)19-10(2)18-12/h3-9,17,20-21H,1-2H3,(H,18,19). The number of rotatable bonds is 3. The molecule has 0 saturated heterocycles. The predicted octanol–water partition coefficient (Wildman–Crippen LogP) is 3.46. The second kappa shape index (κ2) is 5.01. The minimum atomic E-state index is -0.229. The fourth-order valence-corrected chi connectivity index (χ4v) is 2.53. The molecular formula is C16H17N3O2. The Labute approximate surface area is 122 Å². The third-order valence-corrected chi connectivity index (χ3v) is 3.48. The number of aromatic amines is 1. The summed E-state index contributed by atoms with van der Waals surface area (Å²) in [4.78, 5) is 7.54. The number of phenolic OH excluding ortho intramolecular Hbond substituents is 2. The average Bonchev–Trinajstić information content (AvgIpc) is 2.77. The molecule has 1 unspecified atom stereocenters. The van der Waals surface area contributed by atoms with Crippen molar-refractivity contribution in [3.05, 3.63) is 47.8 Å². The third-order valence-electron chi connectivity index (χ3n) is 3.48. The molecule has 21 heavy (non-hydrogen) atoms. The molecule has 5 nitrogen and oxygen atoms in total. The number of aryl methyl sites for hydroxylation is 1. The van der Waals surface area contributed by atoms with Crippen molar-refractivity contribution in [2.75, 3.05) is 5.32 Å². The number of aromatic nitrogens is 2. The van der Waals surface area contributed by atoms with Gasteiger partial charge in [-0.2, -0.15) is 0 Å². The van der Waals surface area contributed by atoms with Gasteiger partial charge in [-0.05, 0) is 44.2 Å². The maximum absolute atomic E-state index is 9.90. The van der Waals surface area contributed by atoms with E-state index in [2.05, 4.69) is 15.3 Å². The van der Waals surface area contributed by atoms with Gasteiger partial charge in [0.15, 0.2) is 0 Å². The first kappa shape index (κ1) is 13.3. The summed E-state index contributed by atoms with van der Waals surface area (Å²) in [6.45, 7) is 3.80. The highest BCUT2D eigenvalue weighted by Gasteiger charge is 2.15. The van der Waals surface area contributed by atoms with E-state index < -0.39 is 0 Å². The number of aromatic hydroxyl groups is 2. The summed E-state index contributed by atoms with van der Waals surface area (Å²) in [6.07, 6.45) is 0. The van der Waals surface area contributed by atoms with Crippen LogP contribution in [0.25, 0.3) is 11.0 Å². The number of benzene rings is 2. The molecule has 0 bridgehead atoms. The van der Waals surface area contributed by atoms with Gasteiger partial charge in [0.1, 0.15) is 17.3 Å². The van der Waals surface area contributed by atoms with E-state index in [1.165, 1.54) is 0 Å². The van der Waals surface area contributed by atoms with Crippen molar-refractivity contribution in [2.45, 2.75) is 19.9 Å². The molecule has 1 aromatic heterocycles. The first-order valence-electron chi connectivity index (χ1n) is 6.78. The van der Waals surface area contributed by atoms with Gasteiger partial charge in [0.25, 0.3) is 0 Å². The molecule has 0 aliphatic carbocycles. The van der Waals surface area contributed by atoms with Crippen molar-refractivity contribution in [3.8, 4) is 11.5 Å². The van der Waals surface area contributed by atoms with E-state index in [-0.39, 0.29) is 17.5 Å². The number of hydrogen-bond acceptors (Lipinski definition) is 4. The van der Waals surface area contributed by atoms with Gasteiger partial charge in [0.05, 0.1) is 22.6 Å². The zero-order valence-corrected chi connectivity index (χ0v) is 11.9. The molecule has 0 saturated carbocycles. The fourth-order valence-electron chi connectivity index (χ4n) is 2.53. The Morgan fingerprint density at radius 1 is 1.14 bits per heavy atom. The lowest BCUT2D eigenvalue weighted by Gasteiger charge is -2.18. The number of phenols is 2. The largest absolute Gasteiger partial charge is 0.507 e. The second-order valence-corrected chi connectivity index (χ2v) is 5.13. The molecule has 0 spiro atoms. The molecule has 4 N–H and O–H groups in total. The molecular weight excluding hydrogens is 266 g/mol. The summed E-state index contributed by atoms with van der Waals surface area (Å²) in [6, 6.07) is 10.3. The van der Waals surface area contributed by atoms with Crippen molar-refractivity contribution >= 4 is 16.7 Å². The van der Waals surface area contributed by atoms with Crippen molar-refractivity contribution in [1.82, 2.24) is 9.97 Å². The summed E-state index contributed by atoms with van der Waals surface area (Å²) in [5.41, 5.74) is 3.24. The Morgan fingerprint density at radius 3 is 2.57 bits per heavy atom. The maximum Gasteiger partial charge on any atom is 0.124 e. The van der Waals surface area contributed by atoms with Crippen LogP contribution in [0.3, 0.4) is 0 Å². The summed E-state index contributed by atoms with van der Waals surface area (Å²) < 4.78 is 0. The molecule has 1 atom stereocenters. The quantitative estimate of drug-likeness (QED) is 0.593. The third kappa shape index (κ3) is 2.50. The van der Waals surface area contributed by atoms with Gasteiger partial charge < -0.3 is 20.5 Å². The Bertz CT molecular complexity index is 775. The smallest absolute Gasteiger partial charge is 0.124 e. The number of nitrogens with zero attached hydrogens (tertiary/aromatic N) is 1. The molecule has 3 rings (SSSR count). The van der Waals surface area contributed by atoms with Crippen LogP contribution in [0.4, 0.5) is 5.69 Å². The van der Waals surface area contributed by atoms with Gasteiger partial charge in [0, 0.05) is 5.69 Å². The number of fused-ring (bicyclic) bond motifs is 1. The Hall–Kier alpha value is -2.69. The molecule has 0 aliphatic heterocycles. The minimum absolute atomic E-state index is 0.0773. The van der Waals surface area contributed by atoms with E-state index in [0.29, 0.717) is 5.56 Å². The van der Waals surface area contributed by atoms with Crippen LogP contribution < -0.4 is 5.32 Å². The first-order chi connectivity index (χ1) is 10.0. The molecule has 2 aromatic carbocycles. The number of hydrogen-bond donors (Lipinski definition) is 4. The molecule has 0 aliphatic rings. The molecule has 3 aromatic rings. The van der Waals surface area contributed by atoms with E-state index in [4.69, 9.17) is 0 Å². The van der Waals surface area contributed by atoms with Gasteiger partial charge in [-0.25, -0.2) is 4.98 Å². The van der Waals surface area contributed by atoms with E-state index in [0.717, 1.165) is 22.5 Å². The van der Waals surface area contributed by atoms with Gasteiger partial charge in [-0.15, -0.1) is 0 Å². The normalized spacial score (nSPS) is 12.5. The lowest BCUT2D eigenvalue weighted by atomic mass is 10.1. The Kier molecular flexibility index (Phi) is 3.17. The summed E-state index contributed by atoms with van der Waals surface area (Å²) >= 11 is 0. The van der Waals surface area contributed by atoms with Crippen LogP contribution in [0.1, 0.15) is 24.4 Å². The maximum atomic E-state index is 9.90. The van der Waals surface area contributed by atoms with Crippen molar-refractivity contribution in [2.24, 2.45) is 0 Å². The van der Waals surface area contributed by atoms with E-state index in [1.54, 1.807) is 18.2 Å². The van der Waals surface area contributed by atoms with Crippen LogP contribution in [0.15, 0.2) is 36.4 Å². The van der Waals surface area contributed by atoms with Crippen LogP contribution in [0.2, 0.25) is 0 Å². The van der Waals surface area contributed by atoms with Gasteiger partial charge in [0.2, 0.25) is 0 Å². The predicted molar refractivity (Wildman–Crippen MR) is 82.6 cm³/mol. The van der Waals surface area contributed by atoms with Crippen molar-refractivity contribution in [3.63, 3.8) is 0 Å². The minimum Gasteiger partial charge on any atom is -0.507 e. The van der Waals surface area contributed by atoms with Gasteiger partial charge in [-0.3, -0.25) is 0 Å². The van der Waals surface area contributed by atoms with Gasteiger partial charge in [-0.1, -0.05) is 6.07 Å². The van der Waals surface area contributed by atoms with E-state index in [9.17, 15) is 10.2 Å². The highest BCUT2D eigenvalue weighted by Crippen LogP contribution is 2.34. The van der Waals surface area contributed by atoms with Crippen LogP contribution in [0, 0.1) is 6.92 Å². The highest BCUT2D eigenvalue weighted by molar-refractivity contribution is 5.79. The zero-order valence-electron chi connectivity index (χ0n) is 11.9. The number of nitrogens with one attached hydrogen (secondary N) is 2. The van der Waals surface area contributed by atoms with E-state index >= 15 is 0 Å². The molecule has 108 valence electrons. The molecule has 0 fully saturated rings. The first-order valence-corrected chi connectivity index (χ1v) is 6.78. The number of imidazole rings is 1. The zero-order chi connectivity index (χ0) is 15.0. The molecule has 5 heteroatoms. The summed E-state index contributed by atoms with van der Waals surface area (Å²) in [5.74, 6) is 1.02. The van der Waals surface area contributed by atoms with Crippen LogP contribution >= 0.6 is 0 Å². The van der Waals surface area contributed by atoms with Gasteiger partial charge >= 0.3 is 0 Å². The molecule has 0 radical (unpaired) electrons. The lowest BCUT2D eigenvalue weighted by molar-refractivity contribution is 0.434. The Balaban J connectivity index is 1.90. The monoisotopic (exact) mass is 283 g/mol. The van der Waals surface area contributed by atoms with E-state index in [1.807, 2.05) is 32.0 Å². The summed E-state index contributed by atoms with van der Waals surface area (Å²) in [7, 11) is 0. The highest BCUT2D eigenvalue weighted by atomic mass is 16.3. The van der Waals surface area contributed by atoms with Crippen molar-refractivity contribution in [1.29, 1.82) is 0 Å². The summed E-state index contributed by atoms with van der Waals surface area (Å²) in [5, 5.41) is 23.1. The lowest BCUT2D eigenvalue weighted by Crippen LogP contribution is -2.07. The van der Waals surface area contributed by atoms with Crippen LogP contribution in [-0.4, -0.2) is 20.2 Å². The fraction of sp³-hybridized carbons (Fsp3) is 0.188. The molecule has 1 heterocycles. The molecule has 0 amide bonds. The number of anilines is 1. The SMILES string of the molecule is Cc1nc2ccc(NC(C)c3c(O)cccc3O)cc2[nH]1. The number of H-pyrrole nitrogens is 1. The second-order valence-electron chi connectivity index (χ2n) is 5.13. The van der Waals surface area contributed by atoms with Crippen LogP contribution in [-0.2, 0) is 0 Å². The topological polar surface area (TPSA) is 81.2 Å². The Morgan fingerprint density at radius 2 is 1.86 bits per heavy atom. The van der Waals surface area contributed by atoms with Crippen LogP contribution in [0.5, 0.6) is 11.5 Å². The van der Waals surface area contributed by atoms with Crippen molar-refractivity contribution < 1.29 is 10.2 Å².